The lowest BCUT2D eigenvalue weighted by Crippen LogP contribution is -2.40. The SMILES string of the molecule is CC1(C)CCCC2(CC1)C[C@H](O)c1ccccc1O2. The molecule has 2 heteroatoms. The van der Waals surface area contributed by atoms with E-state index in [0.717, 1.165) is 30.6 Å². The number of hydrogen-bond donors (Lipinski definition) is 1. The van der Waals surface area contributed by atoms with Crippen LogP contribution in [0.5, 0.6) is 5.75 Å². The third-order valence-corrected chi connectivity index (χ3v) is 4.91. The number of benzene rings is 1. The van der Waals surface area contributed by atoms with Crippen LogP contribution in [0.1, 0.15) is 64.0 Å². The second-order valence-electron chi connectivity index (χ2n) is 7.06. The van der Waals surface area contributed by atoms with Gasteiger partial charge < -0.3 is 9.84 Å². The van der Waals surface area contributed by atoms with Crippen LogP contribution in [0, 0.1) is 5.41 Å². The molecule has 1 aromatic rings. The van der Waals surface area contributed by atoms with Crippen LogP contribution in [0.25, 0.3) is 0 Å². The van der Waals surface area contributed by atoms with Crippen molar-refractivity contribution in [1.29, 1.82) is 0 Å². The highest BCUT2D eigenvalue weighted by atomic mass is 16.5. The number of rotatable bonds is 0. The molecule has 1 aliphatic heterocycles. The predicted molar refractivity (Wildman–Crippen MR) is 76.2 cm³/mol. The summed E-state index contributed by atoms with van der Waals surface area (Å²) >= 11 is 0. The van der Waals surface area contributed by atoms with Crippen LogP contribution in [-0.4, -0.2) is 10.7 Å². The van der Waals surface area contributed by atoms with Gasteiger partial charge >= 0.3 is 0 Å². The van der Waals surface area contributed by atoms with Gasteiger partial charge in [-0.2, -0.15) is 0 Å². The predicted octanol–water partition coefficient (Wildman–Crippen LogP) is 4.23. The average molecular weight is 260 g/mol. The Morgan fingerprint density at radius 3 is 2.74 bits per heavy atom. The summed E-state index contributed by atoms with van der Waals surface area (Å²) in [7, 11) is 0. The molecule has 1 fully saturated rings. The number of aliphatic hydroxyl groups is 1. The number of ether oxygens (including phenoxy) is 1. The van der Waals surface area contributed by atoms with E-state index in [9.17, 15) is 5.11 Å². The van der Waals surface area contributed by atoms with Gasteiger partial charge in [-0.3, -0.25) is 0 Å². The van der Waals surface area contributed by atoms with Gasteiger partial charge in [0.2, 0.25) is 0 Å². The molecule has 0 bridgehead atoms. The Labute approximate surface area is 115 Å². The van der Waals surface area contributed by atoms with E-state index >= 15 is 0 Å². The normalized spacial score (nSPS) is 33.3. The molecule has 1 N–H and O–H groups in total. The maximum absolute atomic E-state index is 10.4. The van der Waals surface area contributed by atoms with Crippen molar-refractivity contribution in [1.82, 2.24) is 0 Å². The molecule has 0 radical (unpaired) electrons. The second kappa shape index (κ2) is 4.52. The van der Waals surface area contributed by atoms with E-state index in [2.05, 4.69) is 13.8 Å². The van der Waals surface area contributed by atoms with E-state index in [-0.39, 0.29) is 11.7 Å². The molecule has 0 aromatic heterocycles. The highest BCUT2D eigenvalue weighted by Crippen LogP contribution is 2.48. The highest BCUT2D eigenvalue weighted by Gasteiger charge is 2.42. The molecular weight excluding hydrogens is 236 g/mol. The van der Waals surface area contributed by atoms with Gasteiger partial charge in [0.15, 0.2) is 0 Å². The average Bonchev–Trinajstić information content (AvgIpc) is 2.49. The summed E-state index contributed by atoms with van der Waals surface area (Å²) in [6, 6.07) is 7.94. The second-order valence-corrected chi connectivity index (χ2v) is 7.06. The molecule has 1 heterocycles. The van der Waals surface area contributed by atoms with Crippen molar-refractivity contribution in [2.24, 2.45) is 5.41 Å². The van der Waals surface area contributed by atoms with Crippen LogP contribution in [0.2, 0.25) is 0 Å². The van der Waals surface area contributed by atoms with E-state index in [1.807, 2.05) is 24.3 Å². The van der Waals surface area contributed by atoms with Gasteiger partial charge in [-0.15, -0.1) is 0 Å². The molecule has 0 amide bonds. The fraction of sp³-hybridized carbons (Fsp3) is 0.647. The van der Waals surface area contributed by atoms with Gasteiger partial charge in [0, 0.05) is 12.0 Å². The van der Waals surface area contributed by atoms with Crippen molar-refractivity contribution in [3.05, 3.63) is 29.8 Å². The standard InChI is InChI=1S/C17H24O2/c1-16(2)8-5-9-17(11-10-16)12-14(18)13-6-3-4-7-15(13)19-17/h3-4,6-7,14,18H,5,8-12H2,1-2H3/t14-,17?/m0/s1. The zero-order valence-electron chi connectivity index (χ0n) is 12.0. The summed E-state index contributed by atoms with van der Waals surface area (Å²) in [5.74, 6) is 0.890. The molecule has 2 nitrogen and oxygen atoms in total. The lowest BCUT2D eigenvalue weighted by molar-refractivity contribution is -0.0260. The van der Waals surface area contributed by atoms with Crippen LogP contribution < -0.4 is 4.74 Å². The van der Waals surface area contributed by atoms with E-state index < -0.39 is 0 Å². The van der Waals surface area contributed by atoms with Gasteiger partial charge in [-0.25, -0.2) is 0 Å². The number of aliphatic hydroxyl groups excluding tert-OH is 1. The summed E-state index contributed by atoms with van der Waals surface area (Å²) < 4.78 is 6.34. The molecule has 104 valence electrons. The zero-order chi connectivity index (χ0) is 13.5. The fourth-order valence-corrected chi connectivity index (χ4v) is 3.60. The smallest absolute Gasteiger partial charge is 0.125 e. The topological polar surface area (TPSA) is 29.5 Å². The Morgan fingerprint density at radius 2 is 1.89 bits per heavy atom. The maximum Gasteiger partial charge on any atom is 0.125 e. The Kier molecular flexibility index (Phi) is 3.09. The molecule has 19 heavy (non-hydrogen) atoms. The third kappa shape index (κ3) is 2.51. The quantitative estimate of drug-likeness (QED) is 0.756. The molecule has 2 atom stereocenters. The fourth-order valence-electron chi connectivity index (χ4n) is 3.60. The summed E-state index contributed by atoms with van der Waals surface area (Å²) in [6.45, 7) is 4.69. The van der Waals surface area contributed by atoms with E-state index in [0.29, 0.717) is 5.41 Å². The first-order chi connectivity index (χ1) is 9.00. The van der Waals surface area contributed by atoms with Gasteiger partial charge in [0.05, 0.1) is 6.10 Å². The number of hydrogen-bond acceptors (Lipinski definition) is 2. The molecule has 0 saturated heterocycles. The molecule has 1 saturated carbocycles. The Bertz CT molecular complexity index is 466. The largest absolute Gasteiger partial charge is 0.487 e. The van der Waals surface area contributed by atoms with Crippen LogP contribution in [0.4, 0.5) is 0 Å². The van der Waals surface area contributed by atoms with Crippen molar-refractivity contribution in [3.8, 4) is 5.75 Å². The summed E-state index contributed by atoms with van der Waals surface area (Å²) in [4.78, 5) is 0. The maximum atomic E-state index is 10.4. The number of para-hydroxylation sites is 1. The van der Waals surface area contributed by atoms with Crippen molar-refractivity contribution < 1.29 is 9.84 Å². The zero-order valence-corrected chi connectivity index (χ0v) is 12.0. The molecule has 1 spiro atoms. The first-order valence-corrected chi connectivity index (χ1v) is 7.46. The van der Waals surface area contributed by atoms with Gasteiger partial charge in [0.25, 0.3) is 0 Å². The summed E-state index contributed by atoms with van der Waals surface area (Å²) in [5.41, 5.74) is 1.23. The summed E-state index contributed by atoms with van der Waals surface area (Å²) in [6.07, 6.45) is 6.15. The lowest BCUT2D eigenvalue weighted by atomic mass is 9.81. The van der Waals surface area contributed by atoms with Crippen LogP contribution in [0.3, 0.4) is 0 Å². The van der Waals surface area contributed by atoms with Crippen molar-refractivity contribution >= 4 is 0 Å². The van der Waals surface area contributed by atoms with Crippen LogP contribution >= 0.6 is 0 Å². The minimum atomic E-state index is -0.369. The van der Waals surface area contributed by atoms with Crippen molar-refractivity contribution in [2.45, 2.75) is 64.1 Å². The number of fused-ring (bicyclic) bond motifs is 1. The Hall–Kier alpha value is -1.02. The molecular formula is C17H24O2. The first-order valence-electron chi connectivity index (χ1n) is 7.46. The molecule has 3 rings (SSSR count). The van der Waals surface area contributed by atoms with Crippen molar-refractivity contribution in [2.75, 3.05) is 0 Å². The molecule has 1 unspecified atom stereocenters. The summed E-state index contributed by atoms with van der Waals surface area (Å²) in [5, 5.41) is 10.4. The minimum Gasteiger partial charge on any atom is -0.487 e. The molecule has 1 aliphatic carbocycles. The van der Waals surface area contributed by atoms with Crippen molar-refractivity contribution in [3.63, 3.8) is 0 Å². The Balaban J connectivity index is 1.87. The van der Waals surface area contributed by atoms with E-state index in [4.69, 9.17) is 4.74 Å². The van der Waals surface area contributed by atoms with Gasteiger partial charge in [-0.05, 0) is 43.6 Å². The van der Waals surface area contributed by atoms with Crippen LogP contribution in [0.15, 0.2) is 24.3 Å². The van der Waals surface area contributed by atoms with Gasteiger partial charge in [0.1, 0.15) is 11.4 Å². The van der Waals surface area contributed by atoms with E-state index in [1.54, 1.807) is 0 Å². The minimum absolute atomic E-state index is 0.137. The van der Waals surface area contributed by atoms with E-state index in [1.165, 1.54) is 19.3 Å². The van der Waals surface area contributed by atoms with Gasteiger partial charge in [-0.1, -0.05) is 32.0 Å². The molecule has 2 aliphatic rings. The molecule has 1 aromatic carbocycles. The highest BCUT2D eigenvalue weighted by molar-refractivity contribution is 5.38. The third-order valence-electron chi connectivity index (χ3n) is 4.91. The first kappa shape index (κ1) is 13.0. The Morgan fingerprint density at radius 1 is 1.11 bits per heavy atom. The van der Waals surface area contributed by atoms with Crippen LogP contribution in [-0.2, 0) is 0 Å². The monoisotopic (exact) mass is 260 g/mol. The lowest BCUT2D eigenvalue weighted by Gasteiger charge is -2.40.